The summed E-state index contributed by atoms with van der Waals surface area (Å²) in [6.07, 6.45) is 8.62. The van der Waals surface area contributed by atoms with Crippen molar-refractivity contribution in [2.75, 3.05) is 6.26 Å². The summed E-state index contributed by atoms with van der Waals surface area (Å²) >= 11 is 1.63. The van der Waals surface area contributed by atoms with Gasteiger partial charge in [0.25, 0.3) is 0 Å². The van der Waals surface area contributed by atoms with Crippen LogP contribution in [-0.4, -0.2) is 16.2 Å². The largest absolute Gasteiger partial charge is 0.231 e. The minimum absolute atomic E-state index is 0.147. The van der Waals surface area contributed by atoms with E-state index in [2.05, 4.69) is 52.7 Å². The van der Waals surface area contributed by atoms with Crippen LogP contribution in [0.4, 0.5) is 0 Å². The molecule has 114 valence electrons. The van der Waals surface area contributed by atoms with E-state index in [1.165, 1.54) is 11.3 Å². The molecule has 0 amide bonds. The van der Waals surface area contributed by atoms with E-state index in [-0.39, 0.29) is 10.8 Å². The summed E-state index contributed by atoms with van der Waals surface area (Å²) in [7, 11) is 0. The number of hydrogen-bond acceptors (Lipinski definition) is 3. The zero-order valence-corrected chi connectivity index (χ0v) is 15.0. The molecule has 0 N–H and O–H groups in total. The average molecular weight is 295 g/mol. The van der Waals surface area contributed by atoms with Crippen molar-refractivity contribution < 1.29 is 0 Å². The van der Waals surface area contributed by atoms with Crippen LogP contribution in [0.5, 0.6) is 0 Å². The van der Waals surface area contributed by atoms with E-state index < -0.39 is 0 Å². The Hall–Kier alpha value is -0.570. The fraction of sp³-hybridized carbons (Fsp3) is 0.765. The predicted octanol–water partition coefficient (Wildman–Crippen LogP) is 5.35. The molecule has 0 bridgehead atoms. The Morgan fingerprint density at radius 3 is 1.85 bits per heavy atom. The number of aromatic nitrogens is 2. The highest BCUT2D eigenvalue weighted by Crippen LogP contribution is 2.40. The van der Waals surface area contributed by atoms with Gasteiger partial charge in [-0.3, -0.25) is 0 Å². The van der Waals surface area contributed by atoms with Crippen molar-refractivity contribution in [2.45, 2.75) is 83.2 Å². The van der Waals surface area contributed by atoms with E-state index in [1.807, 2.05) is 6.26 Å². The first-order valence-corrected chi connectivity index (χ1v) is 9.05. The van der Waals surface area contributed by atoms with Crippen LogP contribution in [0.3, 0.4) is 0 Å². The Labute approximate surface area is 129 Å². The van der Waals surface area contributed by atoms with E-state index >= 15 is 0 Å². The van der Waals surface area contributed by atoms with Gasteiger partial charge in [0, 0.05) is 11.6 Å². The highest BCUT2D eigenvalue weighted by atomic mass is 32.2. The second kappa shape index (κ2) is 6.93. The van der Waals surface area contributed by atoms with E-state index in [1.54, 1.807) is 11.8 Å². The summed E-state index contributed by atoms with van der Waals surface area (Å²) in [6.45, 7) is 13.8. The lowest BCUT2D eigenvalue weighted by Crippen LogP contribution is -2.30. The zero-order chi connectivity index (χ0) is 15.4. The van der Waals surface area contributed by atoms with Gasteiger partial charge in [0.1, 0.15) is 0 Å². The molecule has 20 heavy (non-hydrogen) atoms. The molecule has 1 heterocycles. The topological polar surface area (TPSA) is 25.8 Å². The lowest BCUT2D eigenvalue weighted by molar-refractivity contribution is 0.378. The fourth-order valence-electron chi connectivity index (χ4n) is 2.58. The summed E-state index contributed by atoms with van der Waals surface area (Å²) in [5, 5.41) is 0.895. The van der Waals surface area contributed by atoms with Gasteiger partial charge >= 0.3 is 0 Å². The maximum atomic E-state index is 4.92. The van der Waals surface area contributed by atoms with E-state index in [9.17, 15) is 0 Å². The average Bonchev–Trinajstić information content (AvgIpc) is 2.52. The van der Waals surface area contributed by atoms with Gasteiger partial charge < -0.3 is 0 Å². The Bertz CT molecular complexity index is 435. The second-order valence-corrected chi connectivity index (χ2v) is 6.93. The highest BCUT2D eigenvalue weighted by molar-refractivity contribution is 7.98. The standard InChI is InChI=1S/C17H30N2S/c1-8-16(5,9-2)13-12-18-15(20-7)19-14(13)17(6,10-3)11-4/h12H,8-11H2,1-7H3. The number of nitrogens with zero attached hydrogens (tertiary/aromatic N) is 2. The second-order valence-electron chi connectivity index (χ2n) is 6.15. The molecular weight excluding hydrogens is 264 g/mol. The molecule has 2 nitrogen and oxygen atoms in total. The van der Waals surface area contributed by atoms with Crippen LogP contribution < -0.4 is 0 Å². The van der Waals surface area contributed by atoms with E-state index in [0.29, 0.717) is 0 Å². The smallest absolute Gasteiger partial charge is 0.187 e. The lowest BCUT2D eigenvalue weighted by Gasteiger charge is -2.35. The molecule has 1 aromatic heterocycles. The summed E-state index contributed by atoms with van der Waals surface area (Å²) in [5.74, 6) is 0. The van der Waals surface area contributed by atoms with Crippen LogP contribution in [0.15, 0.2) is 11.4 Å². The molecule has 0 saturated heterocycles. The van der Waals surface area contributed by atoms with Gasteiger partial charge in [-0.2, -0.15) is 0 Å². The van der Waals surface area contributed by atoms with Gasteiger partial charge in [-0.15, -0.1) is 0 Å². The summed E-state index contributed by atoms with van der Waals surface area (Å²) in [5.41, 5.74) is 2.95. The van der Waals surface area contributed by atoms with Gasteiger partial charge in [-0.25, -0.2) is 9.97 Å². The van der Waals surface area contributed by atoms with Crippen molar-refractivity contribution in [3.8, 4) is 0 Å². The van der Waals surface area contributed by atoms with Crippen molar-refractivity contribution >= 4 is 11.8 Å². The minimum atomic E-state index is 0.147. The van der Waals surface area contributed by atoms with E-state index in [4.69, 9.17) is 4.98 Å². The zero-order valence-electron chi connectivity index (χ0n) is 14.2. The van der Waals surface area contributed by atoms with Crippen molar-refractivity contribution in [3.63, 3.8) is 0 Å². The van der Waals surface area contributed by atoms with Crippen LogP contribution in [0.25, 0.3) is 0 Å². The molecule has 0 unspecified atom stereocenters. The fourth-order valence-corrected chi connectivity index (χ4v) is 2.92. The monoisotopic (exact) mass is 294 g/mol. The Kier molecular flexibility index (Phi) is 6.06. The first-order valence-electron chi connectivity index (χ1n) is 7.82. The van der Waals surface area contributed by atoms with Crippen LogP contribution in [-0.2, 0) is 10.8 Å². The Morgan fingerprint density at radius 1 is 0.950 bits per heavy atom. The highest BCUT2D eigenvalue weighted by Gasteiger charge is 2.34. The molecule has 1 aromatic rings. The number of rotatable bonds is 7. The third-order valence-corrected chi connectivity index (χ3v) is 5.85. The Balaban J connectivity index is 3.53. The minimum Gasteiger partial charge on any atom is -0.231 e. The number of hydrogen-bond donors (Lipinski definition) is 0. The molecule has 0 aliphatic carbocycles. The predicted molar refractivity (Wildman–Crippen MR) is 89.7 cm³/mol. The number of thioether (sulfide) groups is 1. The molecule has 0 spiro atoms. The molecule has 0 atom stereocenters. The normalized spacial score (nSPS) is 12.8. The maximum Gasteiger partial charge on any atom is 0.187 e. The van der Waals surface area contributed by atoms with E-state index in [0.717, 1.165) is 30.8 Å². The van der Waals surface area contributed by atoms with Gasteiger partial charge in [-0.05, 0) is 42.9 Å². The molecule has 0 radical (unpaired) electrons. The summed E-state index contributed by atoms with van der Waals surface area (Å²) in [6, 6.07) is 0. The van der Waals surface area contributed by atoms with Crippen molar-refractivity contribution in [1.82, 2.24) is 9.97 Å². The molecular formula is C17H30N2S. The maximum absolute atomic E-state index is 4.92. The molecule has 0 saturated carbocycles. The summed E-state index contributed by atoms with van der Waals surface area (Å²) < 4.78 is 0. The lowest BCUT2D eigenvalue weighted by atomic mass is 9.71. The first kappa shape index (κ1) is 17.5. The van der Waals surface area contributed by atoms with Gasteiger partial charge in [-0.1, -0.05) is 53.3 Å². The third kappa shape index (κ3) is 3.19. The van der Waals surface area contributed by atoms with Gasteiger partial charge in [0.15, 0.2) is 5.16 Å². The molecule has 0 aliphatic rings. The molecule has 0 aromatic carbocycles. The van der Waals surface area contributed by atoms with Crippen LogP contribution >= 0.6 is 11.8 Å². The quantitative estimate of drug-likeness (QED) is 0.500. The van der Waals surface area contributed by atoms with Gasteiger partial charge in [0.05, 0.1) is 5.69 Å². The molecule has 1 rings (SSSR count). The van der Waals surface area contributed by atoms with Gasteiger partial charge in [0.2, 0.25) is 0 Å². The Morgan fingerprint density at radius 2 is 1.45 bits per heavy atom. The van der Waals surface area contributed by atoms with Crippen LogP contribution in [0.2, 0.25) is 0 Å². The van der Waals surface area contributed by atoms with Crippen LogP contribution in [0, 0.1) is 0 Å². The van der Waals surface area contributed by atoms with Crippen molar-refractivity contribution in [2.24, 2.45) is 0 Å². The summed E-state index contributed by atoms with van der Waals surface area (Å²) in [4.78, 5) is 9.47. The van der Waals surface area contributed by atoms with Crippen molar-refractivity contribution in [3.05, 3.63) is 17.5 Å². The first-order chi connectivity index (χ1) is 9.40. The molecule has 0 aliphatic heterocycles. The SMILES string of the molecule is CCC(C)(CC)c1cnc(SC)nc1C(C)(CC)CC. The van der Waals surface area contributed by atoms with Crippen molar-refractivity contribution in [1.29, 1.82) is 0 Å². The third-order valence-electron chi connectivity index (χ3n) is 5.29. The van der Waals surface area contributed by atoms with Crippen LogP contribution in [0.1, 0.15) is 78.5 Å². The molecule has 0 fully saturated rings. The molecule has 3 heteroatoms.